The zero-order chi connectivity index (χ0) is 10.6. The topological polar surface area (TPSA) is 29.5 Å². The van der Waals surface area contributed by atoms with Gasteiger partial charge in [0.1, 0.15) is 11.4 Å². The van der Waals surface area contributed by atoms with Crippen LogP contribution in [0, 0.1) is 0 Å². The minimum Gasteiger partial charge on any atom is -0.497 e. The summed E-state index contributed by atoms with van der Waals surface area (Å²) in [5.41, 5.74) is 2.35. The molecule has 0 amide bonds. The number of methoxy groups -OCH3 is 1. The molecule has 0 bridgehead atoms. The van der Waals surface area contributed by atoms with E-state index in [9.17, 15) is 5.11 Å². The second-order valence-electron chi connectivity index (χ2n) is 3.22. The fourth-order valence-electron chi connectivity index (χ4n) is 1.21. The highest BCUT2D eigenvalue weighted by Crippen LogP contribution is 2.23. The summed E-state index contributed by atoms with van der Waals surface area (Å²) < 4.78 is 5.02. The quantitative estimate of drug-likeness (QED) is 0.741. The fraction of sp³-hybridized carbons (Fsp3) is 0.250. The van der Waals surface area contributed by atoms with Crippen LogP contribution in [0.3, 0.4) is 0 Å². The van der Waals surface area contributed by atoms with Gasteiger partial charge in [-0.3, -0.25) is 0 Å². The van der Waals surface area contributed by atoms with Crippen molar-refractivity contribution in [2.24, 2.45) is 0 Å². The van der Waals surface area contributed by atoms with Crippen molar-refractivity contribution in [1.29, 1.82) is 0 Å². The minimum atomic E-state index is -1.02. The van der Waals surface area contributed by atoms with E-state index in [4.69, 9.17) is 4.74 Å². The molecule has 1 N–H and O–H groups in total. The maximum absolute atomic E-state index is 9.95. The first-order chi connectivity index (χ1) is 6.60. The second kappa shape index (κ2) is 4.14. The third kappa shape index (κ3) is 2.25. The molecule has 1 rings (SSSR count). The van der Waals surface area contributed by atoms with E-state index in [1.54, 1.807) is 26.2 Å². The molecule has 0 heterocycles. The maximum atomic E-state index is 9.95. The molecule has 0 aliphatic carbocycles. The van der Waals surface area contributed by atoms with Crippen molar-refractivity contribution in [2.75, 3.05) is 7.11 Å². The van der Waals surface area contributed by atoms with E-state index < -0.39 is 5.60 Å². The Labute approximate surface area is 84.1 Å². The smallest absolute Gasteiger partial charge is 0.118 e. The van der Waals surface area contributed by atoms with E-state index >= 15 is 0 Å². The van der Waals surface area contributed by atoms with E-state index in [2.05, 4.69) is 12.3 Å². The highest BCUT2D eigenvalue weighted by atomic mass is 16.5. The van der Waals surface area contributed by atoms with Gasteiger partial charge in [0.2, 0.25) is 0 Å². The van der Waals surface area contributed by atoms with E-state index in [0.717, 1.165) is 11.3 Å². The van der Waals surface area contributed by atoms with Crippen LogP contribution in [-0.4, -0.2) is 12.2 Å². The maximum Gasteiger partial charge on any atom is 0.118 e. The predicted molar refractivity (Wildman–Crippen MR) is 56.3 cm³/mol. The van der Waals surface area contributed by atoms with Gasteiger partial charge in [0.25, 0.3) is 0 Å². The monoisotopic (exact) mass is 190 g/mol. The highest BCUT2D eigenvalue weighted by Gasteiger charge is 2.18. The van der Waals surface area contributed by atoms with Crippen LogP contribution in [0.15, 0.2) is 42.7 Å². The third-order valence-electron chi connectivity index (χ3n) is 2.06. The Balaban J connectivity index is 3.02. The van der Waals surface area contributed by atoms with E-state index in [-0.39, 0.29) is 0 Å². The highest BCUT2D eigenvalue weighted by molar-refractivity contribution is 5.32. The van der Waals surface area contributed by atoms with Crippen molar-refractivity contribution in [1.82, 2.24) is 0 Å². The molecule has 74 valence electrons. The first-order valence-corrected chi connectivity index (χ1v) is 4.34. The van der Waals surface area contributed by atoms with E-state index in [1.165, 1.54) is 6.08 Å². The van der Waals surface area contributed by atoms with Gasteiger partial charge >= 0.3 is 0 Å². The summed E-state index contributed by atoms with van der Waals surface area (Å²) in [6.45, 7) is 5.13. The molecule has 0 unspecified atom stereocenters. The molecular formula is C12H14O2. The molecule has 0 saturated carbocycles. The van der Waals surface area contributed by atoms with Crippen LogP contribution in [0.5, 0.6) is 5.75 Å². The first kappa shape index (κ1) is 10.6. The number of ether oxygens (including phenoxy) is 1. The summed E-state index contributed by atoms with van der Waals surface area (Å²) in [5, 5.41) is 9.95. The fourth-order valence-corrected chi connectivity index (χ4v) is 1.21. The average Bonchev–Trinajstić information content (AvgIpc) is 2.18. The van der Waals surface area contributed by atoms with E-state index in [0.29, 0.717) is 0 Å². The molecule has 0 fully saturated rings. The summed E-state index contributed by atoms with van der Waals surface area (Å²) in [6, 6.07) is 7.24. The van der Waals surface area contributed by atoms with Crippen LogP contribution in [0.2, 0.25) is 0 Å². The number of hydrogen-bond acceptors (Lipinski definition) is 2. The van der Waals surface area contributed by atoms with Gasteiger partial charge in [0.05, 0.1) is 7.11 Å². The zero-order valence-corrected chi connectivity index (χ0v) is 8.45. The molecule has 1 atom stereocenters. The lowest BCUT2D eigenvalue weighted by Gasteiger charge is -2.18. The Morgan fingerprint density at radius 1 is 1.43 bits per heavy atom. The predicted octanol–water partition coefficient (Wildman–Crippen LogP) is 2.24. The Morgan fingerprint density at radius 3 is 2.43 bits per heavy atom. The summed E-state index contributed by atoms with van der Waals surface area (Å²) in [6.07, 6.45) is 1.52. The van der Waals surface area contributed by atoms with Crippen molar-refractivity contribution >= 4 is 0 Å². The summed E-state index contributed by atoms with van der Waals surface area (Å²) in [7, 11) is 1.61. The second-order valence-corrected chi connectivity index (χ2v) is 3.22. The zero-order valence-electron chi connectivity index (χ0n) is 8.45. The van der Waals surface area contributed by atoms with Gasteiger partial charge in [-0.15, -0.1) is 5.73 Å². The first-order valence-electron chi connectivity index (χ1n) is 4.34. The van der Waals surface area contributed by atoms with Crippen molar-refractivity contribution in [3.63, 3.8) is 0 Å². The molecule has 2 heteroatoms. The van der Waals surface area contributed by atoms with Crippen molar-refractivity contribution < 1.29 is 9.84 Å². The Hall–Kier alpha value is -1.50. The molecule has 1 aromatic carbocycles. The lowest BCUT2D eigenvalue weighted by atomic mass is 9.96. The lowest BCUT2D eigenvalue weighted by Crippen LogP contribution is -2.16. The normalized spacial score (nSPS) is 13.9. The lowest BCUT2D eigenvalue weighted by molar-refractivity contribution is 0.111. The molecule has 1 aromatic rings. The van der Waals surface area contributed by atoms with Gasteiger partial charge in [-0.2, -0.15) is 0 Å². The molecule has 0 spiro atoms. The SMILES string of the molecule is C=C=C[C@@](C)(O)c1ccc(OC)cc1. The van der Waals surface area contributed by atoms with Crippen LogP contribution in [0.1, 0.15) is 12.5 Å². The number of rotatable bonds is 3. The number of hydrogen-bond donors (Lipinski definition) is 1. The van der Waals surface area contributed by atoms with Crippen molar-refractivity contribution in [3.8, 4) is 5.75 Å². The van der Waals surface area contributed by atoms with Gasteiger partial charge in [-0.1, -0.05) is 18.7 Å². The standard InChI is InChI=1S/C12H14O2/c1-4-9-12(2,13)10-5-7-11(14-3)8-6-10/h5-9,13H,1H2,2-3H3/t12-/m1/s1. The number of aliphatic hydroxyl groups is 1. The van der Waals surface area contributed by atoms with Gasteiger partial charge in [0.15, 0.2) is 0 Å². The largest absolute Gasteiger partial charge is 0.497 e. The van der Waals surface area contributed by atoms with Gasteiger partial charge in [0, 0.05) is 0 Å². The van der Waals surface area contributed by atoms with Crippen molar-refractivity contribution in [3.05, 3.63) is 48.2 Å². The van der Waals surface area contributed by atoms with Crippen LogP contribution in [0.25, 0.3) is 0 Å². The molecule has 0 aromatic heterocycles. The molecule has 0 radical (unpaired) electrons. The van der Waals surface area contributed by atoms with Crippen LogP contribution in [-0.2, 0) is 5.60 Å². The Bertz CT molecular complexity index is 343. The van der Waals surface area contributed by atoms with Crippen LogP contribution in [0.4, 0.5) is 0 Å². The number of benzene rings is 1. The van der Waals surface area contributed by atoms with Crippen LogP contribution >= 0.6 is 0 Å². The van der Waals surface area contributed by atoms with Gasteiger partial charge in [-0.25, -0.2) is 0 Å². The van der Waals surface area contributed by atoms with Gasteiger partial charge in [-0.05, 0) is 30.7 Å². The molecule has 0 aliphatic rings. The molecule has 0 saturated heterocycles. The molecule has 0 aliphatic heterocycles. The molecule has 2 nitrogen and oxygen atoms in total. The Morgan fingerprint density at radius 2 is 2.00 bits per heavy atom. The Kier molecular flexibility index (Phi) is 3.13. The summed E-state index contributed by atoms with van der Waals surface area (Å²) in [4.78, 5) is 0. The molecule has 14 heavy (non-hydrogen) atoms. The van der Waals surface area contributed by atoms with Crippen molar-refractivity contribution in [2.45, 2.75) is 12.5 Å². The van der Waals surface area contributed by atoms with Gasteiger partial charge < -0.3 is 9.84 Å². The third-order valence-corrected chi connectivity index (χ3v) is 2.06. The molecular weight excluding hydrogens is 176 g/mol. The van der Waals surface area contributed by atoms with Crippen LogP contribution < -0.4 is 4.74 Å². The average molecular weight is 190 g/mol. The summed E-state index contributed by atoms with van der Waals surface area (Å²) in [5.74, 6) is 0.770. The summed E-state index contributed by atoms with van der Waals surface area (Å²) >= 11 is 0. The minimum absolute atomic E-state index is 0.770. The van der Waals surface area contributed by atoms with E-state index in [1.807, 2.05) is 12.1 Å².